The molecule has 6 heteroatoms. The second kappa shape index (κ2) is 8.25. The van der Waals surface area contributed by atoms with Gasteiger partial charge >= 0.3 is 0 Å². The standard InChI is InChI=1S/C22H24FN3O2/c1-4-26(5-2)22(28)15-6-9-17(10-7-15)25-21(27)13-18-14(3)24-20-11-8-16(23)12-19(18)20/h6-12,24H,4-5,13H2,1-3H3,(H,25,27). The Kier molecular flexibility index (Phi) is 5.78. The fraction of sp³-hybridized carbons (Fsp3) is 0.273. The number of H-pyrrole nitrogens is 1. The van der Waals surface area contributed by atoms with Gasteiger partial charge in [0.25, 0.3) is 5.91 Å². The van der Waals surface area contributed by atoms with Crippen LogP contribution in [0.25, 0.3) is 10.9 Å². The quantitative estimate of drug-likeness (QED) is 0.669. The second-order valence-corrected chi connectivity index (χ2v) is 6.70. The van der Waals surface area contributed by atoms with Crippen molar-refractivity contribution in [1.82, 2.24) is 9.88 Å². The second-order valence-electron chi connectivity index (χ2n) is 6.70. The zero-order valence-electron chi connectivity index (χ0n) is 16.3. The molecule has 0 aliphatic heterocycles. The Bertz CT molecular complexity index is 1000. The molecule has 0 saturated heterocycles. The van der Waals surface area contributed by atoms with E-state index in [1.807, 2.05) is 20.8 Å². The Balaban J connectivity index is 1.71. The molecule has 0 spiro atoms. The number of benzene rings is 2. The van der Waals surface area contributed by atoms with Crippen molar-refractivity contribution in [2.75, 3.05) is 18.4 Å². The van der Waals surface area contributed by atoms with Crippen LogP contribution in [0.4, 0.5) is 10.1 Å². The highest BCUT2D eigenvalue weighted by Gasteiger charge is 2.15. The van der Waals surface area contributed by atoms with Gasteiger partial charge in [0.05, 0.1) is 6.42 Å². The first-order valence-electron chi connectivity index (χ1n) is 9.38. The summed E-state index contributed by atoms with van der Waals surface area (Å²) in [6.07, 6.45) is 0.134. The molecule has 0 bridgehead atoms. The molecule has 1 aromatic heterocycles. The number of aryl methyl sites for hydroxylation is 1. The third-order valence-electron chi connectivity index (χ3n) is 4.89. The van der Waals surface area contributed by atoms with E-state index < -0.39 is 0 Å². The lowest BCUT2D eigenvalue weighted by Crippen LogP contribution is -2.30. The maximum Gasteiger partial charge on any atom is 0.253 e. The van der Waals surface area contributed by atoms with E-state index in [1.54, 1.807) is 35.2 Å². The van der Waals surface area contributed by atoms with E-state index in [-0.39, 0.29) is 24.1 Å². The summed E-state index contributed by atoms with van der Waals surface area (Å²) in [6, 6.07) is 11.4. The predicted molar refractivity (Wildman–Crippen MR) is 109 cm³/mol. The number of aromatic amines is 1. The van der Waals surface area contributed by atoms with Crippen LogP contribution >= 0.6 is 0 Å². The van der Waals surface area contributed by atoms with Crippen molar-refractivity contribution < 1.29 is 14.0 Å². The molecular formula is C22H24FN3O2. The lowest BCUT2D eigenvalue weighted by Gasteiger charge is -2.18. The first kappa shape index (κ1) is 19.6. The lowest BCUT2D eigenvalue weighted by molar-refractivity contribution is -0.115. The van der Waals surface area contributed by atoms with Gasteiger partial charge in [-0.1, -0.05) is 0 Å². The van der Waals surface area contributed by atoms with Crippen LogP contribution in [-0.4, -0.2) is 34.8 Å². The maximum atomic E-state index is 13.6. The molecule has 2 aromatic carbocycles. The molecule has 0 aliphatic carbocycles. The summed E-state index contributed by atoms with van der Waals surface area (Å²) in [6.45, 7) is 7.05. The highest BCUT2D eigenvalue weighted by atomic mass is 19.1. The normalized spacial score (nSPS) is 10.9. The van der Waals surface area contributed by atoms with Gasteiger partial charge in [-0.2, -0.15) is 0 Å². The SMILES string of the molecule is CCN(CC)C(=O)c1ccc(NC(=O)Cc2c(C)[nH]c3ccc(F)cc23)cc1. The van der Waals surface area contributed by atoms with Gasteiger partial charge < -0.3 is 15.2 Å². The zero-order chi connectivity index (χ0) is 20.3. The molecule has 0 radical (unpaired) electrons. The molecule has 0 aliphatic rings. The molecule has 0 fully saturated rings. The van der Waals surface area contributed by atoms with Crippen molar-refractivity contribution in [2.45, 2.75) is 27.2 Å². The number of rotatable bonds is 6. The molecule has 5 nitrogen and oxygen atoms in total. The molecule has 0 unspecified atom stereocenters. The lowest BCUT2D eigenvalue weighted by atomic mass is 10.1. The van der Waals surface area contributed by atoms with Crippen LogP contribution in [0.15, 0.2) is 42.5 Å². The molecule has 2 amide bonds. The zero-order valence-corrected chi connectivity index (χ0v) is 16.3. The number of hydrogen-bond donors (Lipinski definition) is 2. The monoisotopic (exact) mass is 381 g/mol. The average molecular weight is 381 g/mol. The number of halogens is 1. The molecular weight excluding hydrogens is 357 g/mol. The summed E-state index contributed by atoms with van der Waals surface area (Å²) in [5, 5.41) is 3.55. The minimum absolute atomic E-state index is 0.0284. The number of anilines is 1. The van der Waals surface area contributed by atoms with E-state index in [4.69, 9.17) is 0 Å². The number of carbonyl (C=O) groups excluding carboxylic acids is 2. The number of fused-ring (bicyclic) bond motifs is 1. The van der Waals surface area contributed by atoms with Gasteiger partial charge in [-0.3, -0.25) is 9.59 Å². The largest absolute Gasteiger partial charge is 0.358 e. The summed E-state index contributed by atoms with van der Waals surface area (Å²) in [5.41, 5.74) is 3.63. The van der Waals surface area contributed by atoms with Gasteiger partial charge in [-0.05, 0) is 68.8 Å². The van der Waals surface area contributed by atoms with Crippen molar-refractivity contribution >= 4 is 28.4 Å². The highest BCUT2D eigenvalue weighted by Crippen LogP contribution is 2.24. The number of aromatic nitrogens is 1. The van der Waals surface area contributed by atoms with Gasteiger partial charge in [-0.25, -0.2) is 4.39 Å². The Morgan fingerprint density at radius 3 is 2.39 bits per heavy atom. The number of amides is 2. The minimum atomic E-state index is -0.332. The average Bonchev–Trinajstić information content (AvgIpc) is 2.98. The molecule has 2 N–H and O–H groups in total. The smallest absolute Gasteiger partial charge is 0.253 e. The topological polar surface area (TPSA) is 65.2 Å². The number of hydrogen-bond acceptors (Lipinski definition) is 2. The van der Waals surface area contributed by atoms with E-state index in [2.05, 4.69) is 10.3 Å². The van der Waals surface area contributed by atoms with E-state index in [9.17, 15) is 14.0 Å². The molecule has 3 aromatic rings. The summed E-state index contributed by atoms with van der Waals surface area (Å²) in [7, 11) is 0. The van der Waals surface area contributed by atoms with E-state index in [0.717, 1.165) is 16.8 Å². The van der Waals surface area contributed by atoms with Gasteiger partial charge in [0.1, 0.15) is 5.82 Å². The fourth-order valence-electron chi connectivity index (χ4n) is 3.34. The van der Waals surface area contributed by atoms with E-state index in [1.165, 1.54) is 12.1 Å². The van der Waals surface area contributed by atoms with Crippen molar-refractivity contribution in [3.05, 3.63) is 65.1 Å². The summed E-state index contributed by atoms with van der Waals surface area (Å²) < 4.78 is 13.6. The Labute approximate surface area is 163 Å². The minimum Gasteiger partial charge on any atom is -0.358 e. The molecule has 28 heavy (non-hydrogen) atoms. The Hall–Kier alpha value is -3.15. The molecule has 146 valence electrons. The van der Waals surface area contributed by atoms with Crippen LogP contribution in [0.3, 0.4) is 0 Å². The summed E-state index contributed by atoms with van der Waals surface area (Å²) >= 11 is 0. The van der Waals surface area contributed by atoms with Gasteiger partial charge in [0, 0.05) is 40.9 Å². The van der Waals surface area contributed by atoms with Crippen LogP contribution in [0.1, 0.15) is 35.5 Å². The molecule has 0 saturated carbocycles. The van der Waals surface area contributed by atoms with Crippen molar-refractivity contribution in [2.24, 2.45) is 0 Å². The molecule has 0 atom stereocenters. The van der Waals surface area contributed by atoms with Crippen LogP contribution in [0, 0.1) is 12.7 Å². The van der Waals surface area contributed by atoms with Crippen molar-refractivity contribution in [3.63, 3.8) is 0 Å². The van der Waals surface area contributed by atoms with Crippen molar-refractivity contribution in [1.29, 1.82) is 0 Å². The Morgan fingerprint density at radius 1 is 1.07 bits per heavy atom. The third kappa shape index (κ3) is 4.06. The van der Waals surface area contributed by atoms with E-state index in [0.29, 0.717) is 29.7 Å². The van der Waals surface area contributed by atoms with Gasteiger partial charge in [0.2, 0.25) is 5.91 Å². The predicted octanol–water partition coefficient (Wildman–Crippen LogP) is 4.28. The molecule has 3 rings (SSSR count). The first-order valence-corrected chi connectivity index (χ1v) is 9.38. The van der Waals surface area contributed by atoms with E-state index >= 15 is 0 Å². The van der Waals surface area contributed by atoms with Gasteiger partial charge in [0.15, 0.2) is 0 Å². The van der Waals surface area contributed by atoms with Crippen LogP contribution in [0.5, 0.6) is 0 Å². The van der Waals surface area contributed by atoms with Crippen LogP contribution in [0.2, 0.25) is 0 Å². The Morgan fingerprint density at radius 2 is 1.75 bits per heavy atom. The fourth-order valence-corrected chi connectivity index (χ4v) is 3.34. The van der Waals surface area contributed by atoms with Crippen molar-refractivity contribution in [3.8, 4) is 0 Å². The number of nitrogens with one attached hydrogen (secondary N) is 2. The number of nitrogens with zero attached hydrogens (tertiary/aromatic N) is 1. The molecule has 1 heterocycles. The first-order chi connectivity index (χ1) is 13.4. The van der Waals surface area contributed by atoms with Crippen LogP contribution < -0.4 is 5.32 Å². The summed E-state index contributed by atoms with van der Waals surface area (Å²) in [5.74, 6) is -0.558. The van der Waals surface area contributed by atoms with Crippen LogP contribution in [-0.2, 0) is 11.2 Å². The highest BCUT2D eigenvalue weighted by molar-refractivity contribution is 5.98. The third-order valence-corrected chi connectivity index (χ3v) is 4.89. The van der Waals surface area contributed by atoms with Gasteiger partial charge in [-0.15, -0.1) is 0 Å². The summed E-state index contributed by atoms with van der Waals surface area (Å²) in [4.78, 5) is 29.8. The number of carbonyl (C=O) groups is 2. The maximum absolute atomic E-state index is 13.6.